The Hall–Kier alpha value is -0.860. The first-order chi connectivity index (χ1) is 12.4. The number of piperazine rings is 1. The molecule has 1 aromatic rings. The molecular weight excluding hydrogens is 397 g/mol. The number of carbonyl (C=O) groups is 1. The summed E-state index contributed by atoms with van der Waals surface area (Å²) in [5.41, 5.74) is 0. The summed E-state index contributed by atoms with van der Waals surface area (Å²) in [6.07, 6.45) is 3.33. The second kappa shape index (κ2) is 8.44. The predicted octanol–water partition coefficient (Wildman–Crippen LogP) is 2.31. The summed E-state index contributed by atoms with van der Waals surface area (Å²) >= 11 is 11.9. The van der Waals surface area contributed by atoms with E-state index in [0.717, 1.165) is 25.9 Å². The molecule has 144 valence electrons. The molecule has 0 N–H and O–H groups in total. The highest BCUT2D eigenvalue weighted by molar-refractivity contribution is 7.89. The molecule has 2 aliphatic rings. The number of rotatable bonds is 4. The molecule has 9 heteroatoms. The molecule has 0 atom stereocenters. The molecule has 2 aliphatic heterocycles. The number of hydrogen-bond acceptors (Lipinski definition) is 4. The van der Waals surface area contributed by atoms with E-state index < -0.39 is 10.0 Å². The number of hydrogen-bond donors (Lipinski definition) is 0. The van der Waals surface area contributed by atoms with Crippen LogP contribution in [-0.2, 0) is 14.8 Å². The monoisotopic (exact) mass is 419 g/mol. The van der Waals surface area contributed by atoms with Crippen LogP contribution in [0.3, 0.4) is 0 Å². The molecule has 0 saturated carbocycles. The second-order valence-electron chi connectivity index (χ2n) is 6.73. The van der Waals surface area contributed by atoms with Gasteiger partial charge in [-0.05, 0) is 37.5 Å². The van der Waals surface area contributed by atoms with E-state index in [9.17, 15) is 13.2 Å². The number of carbonyl (C=O) groups excluding carboxylic acids is 1. The fraction of sp³-hybridized carbons (Fsp3) is 0.588. The fourth-order valence-electron chi connectivity index (χ4n) is 3.39. The standard InChI is InChI=1S/C17H23Cl2N3O3S/c18-14-10-15(19)12-16(11-14)26(24,25)22-8-6-20(7-9-22)13-17(23)21-4-2-1-3-5-21/h10-12H,1-9,13H2. The van der Waals surface area contributed by atoms with Crippen molar-refractivity contribution in [1.29, 1.82) is 0 Å². The lowest BCUT2D eigenvalue weighted by atomic mass is 10.1. The number of amides is 1. The lowest BCUT2D eigenvalue weighted by Crippen LogP contribution is -2.51. The summed E-state index contributed by atoms with van der Waals surface area (Å²) in [6.45, 7) is 3.79. The van der Waals surface area contributed by atoms with Gasteiger partial charge in [-0.15, -0.1) is 0 Å². The van der Waals surface area contributed by atoms with Crippen molar-refractivity contribution < 1.29 is 13.2 Å². The van der Waals surface area contributed by atoms with E-state index in [0.29, 0.717) is 42.8 Å². The molecule has 6 nitrogen and oxygen atoms in total. The van der Waals surface area contributed by atoms with Crippen LogP contribution >= 0.6 is 23.2 Å². The van der Waals surface area contributed by atoms with E-state index in [-0.39, 0.29) is 10.8 Å². The van der Waals surface area contributed by atoms with Crippen molar-refractivity contribution in [2.75, 3.05) is 45.8 Å². The molecule has 1 amide bonds. The Kier molecular flexibility index (Phi) is 6.45. The van der Waals surface area contributed by atoms with E-state index in [1.807, 2.05) is 9.80 Å². The van der Waals surface area contributed by atoms with Gasteiger partial charge in [0.05, 0.1) is 11.4 Å². The van der Waals surface area contributed by atoms with Crippen molar-refractivity contribution in [2.24, 2.45) is 0 Å². The van der Waals surface area contributed by atoms with Gasteiger partial charge in [0, 0.05) is 49.3 Å². The maximum atomic E-state index is 12.8. The van der Waals surface area contributed by atoms with Crippen LogP contribution in [0.5, 0.6) is 0 Å². The summed E-state index contributed by atoms with van der Waals surface area (Å²) < 4.78 is 27.0. The van der Waals surface area contributed by atoms with Crippen LogP contribution < -0.4 is 0 Å². The van der Waals surface area contributed by atoms with Gasteiger partial charge >= 0.3 is 0 Å². The predicted molar refractivity (Wildman–Crippen MR) is 102 cm³/mol. The summed E-state index contributed by atoms with van der Waals surface area (Å²) in [6, 6.07) is 4.33. The maximum absolute atomic E-state index is 12.8. The Labute approximate surface area is 164 Å². The Balaban J connectivity index is 1.58. The van der Waals surface area contributed by atoms with E-state index in [2.05, 4.69) is 0 Å². The minimum absolute atomic E-state index is 0.104. The van der Waals surface area contributed by atoms with E-state index >= 15 is 0 Å². The Morgan fingerprint density at radius 3 is 2.04 bits per heavy atom. The Bertz CT molecular complexity index is 738. The fourth-order valence-corrected chi connectivity index (χ4v) is 5.54. The summed E-state index contributed by atoms with van der Waals surface area (Å²) in [7, 11) is -3.64. The second-order valence-corrected chi connectivity index (χ2v) is 9.54. The first-order valence-electron chi connectivity index (χ1n) is 8.82. The van der Waals surface area contributed by atoms with E-state index in [1.165, 1.54) is 28.9 Å². The first kappa shape index (κ1) is 19.9. The minimum atomic E-state index is -3.64. The van der Waals surface area contributed by atoms with Crippen LogP contribution in [0, 0.1) is 0 Å². The molecule has 3 rings (SSSR count). The van der Waals surface area contributed by atoms with Crippen molar-refractivity contribution in [3.63, 3.8) is 0 Å². The molecule has 0 aromatic heterocycles. The zero-order valence-corrected chi connectivity index (χ0v) is 16.9. The molecule has 2 saturated heterocycles. The van der Waals surface area contributed by atoms with Crippen molar-refractivity contribution >= 4 is 39.1 Å². The molecule has 0 unspecified atom stereocenters. The smallest absolute Gasteiger partial charge is 0.243 e. The lowest BCUT2D eigenvalue weighted by molar-refractivity contribution is -0.133. The van der Waals surface area contributed by atoms with Crippen molar-refractivity contribution in [1.82, 2.24) is 14.1 Å². The van der Waals surface area contributed by atoms with Gasteiger partial charge in [-0.2, -0.15) is 4.31 Å². The molecule has 0 spiro atoms. The molecule has 2 fully saturated rings. The van der Waals surface area contributed by atoms with Gasteiger partial charge in [0.2, 0.25) is 15.9 Å². The highest BCUT2D eigenvalue weighted by atomic mass is 35.5. The lowest BCUT2D eigenvalue weighted by Gasteiger charge is -2.35. The Morgan fingerprint density at radius 2 is 1.46 bits per heavy atom. The largest absolute Gasteiger partial charge is 0.342 e. The average molecular weight is 420 g/mol. The third kappa shape index (κ3) is 4.70. The highest BCUT2D eigenvalue weighted by Crippen LogP contribution is 2.25. The van der Waals surface area contributed by atoms with Crippen LogP contribution in [0.25, 0.3) is 0 Å². The third-order valence-electron chi connectivity index (χ3n) is 4.87. The zero-order valence-electron chi connectivity index (χ0n) is 14.5. The van der Waals surface area contributed by atoms with Crippen LogP contribution in [-0.4, -0.2) is 74.2 Å². The van der Waals surface area contributed by atoms with Crippen molar-refractivity contribution in [3.8, 4) is 0 Å². The quantitative estimate of drug-likeness (QED) is 0.750. The zero-order chi connectivity index (χ0) is 18.7. The number of sulfonamides is 1. The highest BCUT2D eigenvalue weighted by Gasteiger charge is 2.30. The molecule has 2 heterocycles. The number of piperidine rings is 1. The topological polar surface area (TPSA) is 60.9 Å². The summed E-state index contributed by atoms with van der Waals surface area (Å²) in [5.74, 6) is 0.141. The van der Waals surface area contributed by atoms with Gasteiger partial charge in [-0.25, -0.2) is 8.42 Å². The molecule has 1 aromatic carbocycles. The number of halogens is 2. The molecule has 0 radical (unpaired) electrons. The van der Waals surface area contributed by atoms with Crippen LogP contribution in [0.2, 0.25) is 10.0 Å². The molecular formula is C17H23Cl2N3O3S. The third-order valence-corrected chi connectivity index (χ3v) is 7.19. The SMILES string of the molecule is O=C(CN1CCN(S(=O)(=O)c2cc(Cl)cc(Cl)c2)CC1)N1CCCCC1. The van der Waals surface area contributed by atoms with Crippen LogP contribution in [0.4, 0.5) is 0 Å². The van der Waals surface area contributed by atoms with Gasteiger partial charge in [0.15, 0.2) is 0 Å². The summed E-state index contributed by atoms with van der Waals surface area (Å²) in [5, 5.41) is 0.587. The van der Waals surface area contributed by atoms with Crippen LogP contribution in [0.1, 0.15) is 19.3 Å². The molecule has 0 bridgehead atoms. The first-order valence-corrected chi connectivity index (χ1v) is 11.0. The number of benzene rings is 1. The molecule has 26 heavy (non-hydrogen) atoms. The number of likely N-dealkylation sites (tertiary alicyclic amines) is 1. The van der Waals surface area contributed by atoms with Crippen molar-refractivity contribution in [3.05, 3.63) is 28.2 Å². The summed E-state index contributed by atoms with van der Waals surface area (Å²) in [4.78, 5) is 16.4. The Morgan fingerprint density at radius 1 is 0.885 bits per heavy atom. The van der Waals surface area contributed by atoms with Crippen molar-refractivity contribution in [2.45, 2.75) is 24.2 Å². The van der Waals surface area contributed by atoms with E-state index in [4.69, 9.17) is 23.2 Å². The number of nitrogens with zero attached hydrogens (tertiary/aromatic N) is 3. The van der Waals surface area contributed by atoms with Gasteiger partial charge in [0.1, 0.15) is 0 Å². The van der Waals surface area contributed by atoms with Gasteiger partial charge in [-0.1, -0.05) is 23.2 Å². The van der Waals surface area contributed by atoms with Gasteiger partial charge < -0.3 is 4.90 Å². The normalized spacial score (nSPS) is 20.3. The average Bonchev–Trinajstić information content (AvgIpc) is 2.62. The van der Waals surface area contributed by atoms with Gasteiger partial charge in [-0.3, -0.25) is 9.69 Å². The maximum Gasteiger partial charge on any atom is 0.243 e. The minimum Gasteiger partial charge on any atom is -0.342 e. The van der Waals surface area contributed by atoms with E-state index in [1.54, 1.807) is 0 Å². The molecule has 0 aliphatic carbocycles. The van der Waals surface area contributed by atoms with Crippen LogP contribution in [0.15, 0.2) is 23.1 Å². The van der Waals surface area contributed by atoms with Gasteiger partial charge in [0.25, 0.3) is 0 Å².